The van der Waals surface area contributed by atoms with E-state index in [1.807, 2.05) is 60.7 Å². The van der Waals surface area contributed by atoms with Gasteiger partial charge in [-0.1, -0.05) is 74.5 Å². The van der Waals surface area contributed by atoms with Crippen LogP contribution in [0.5, 0.6) is 11.6 Å². The lowest BCUT2D eigenvalue weighted by atomic mass is 10.1. The molecule has 0 amide bonds. The van der Waals surface area contributed by atoms with Crippen molar-refractivity contribution >= 4 is 0 Å². The standard InChI is InChI=1S/C29H31F2N3O2/c1-20(2)17-34(19-26(35)21-10-6-4-7-11-21)18-24-28(22-12-8-5-9-13-22)32-33(3)29(24)36-27-15-14-23(30)16-25(27)31/h4-16,20,26,35H,17-19H2,1-3H3. The van der Waals surface area contributed by atoms with Crippen molar-refractivity contribution in [3.63, 3.8) is 0 Å². The number of aliphatic hydroxyl groups is 1. The monoisotopic (exact) mass is 491 g/mol. The molecule has 0 radical (unpaired) electrons. The molecule has 0 aliphatic heterocycles. The average Bonchev–Trinajstić information content (AvgIpc) is 3.16. The van der Waals surface area contributed by atoms with E-state index in [9.17, 15) is 13.9 Å². The number of aliphatic hydroxyl groups excluding tert-OH is 1. The van der Waals surface area contributed by atoms with E-state index in [0.717, 1.165) is 35.4 Å². The first-order chi connectivity index (χ1) is 17.3. The summed E-state index contributed by atoms with van der Waals surface area (Å²) in [6.07, 6.45) is -0.680. The summed E-state index contributed by atoms with van der Waals surface area (Å²) in [6.45, 7) is 5.77. The third-order valence-electron chi connectivity index (χ3n) is 5.86. The van der Waals surface area contributed by atoms with Crippen LogP contribution in [0.15, 0.2) is 78.9 Å². The van der Waals surface area contributed by atoms with Crippen LogP contribution < -0.4 is 4.74 Å². The van der Waals surface area contributed by atoms with Crippen molar-refractivity contribution in [1.82, 2.24) is 14.7 Å². The molecule has 4 aromatic rings. The summed E-state index contributed by atoms with van der Waals surface area (Å²) < 4.78 is 35.5. The molecule has 0 saturated carbocycles. The van der Waals surface area contributed by atoms with Crippen LogP contribution in [0.3, 0.4) is 0 Å². The summed E-state index contributed by atoms with van der Waals surface area (Å²) >= 11 is 0. The van der Waals surface area contributed by atoms with E-state index in [0.29, 0.717) is 30.6 Å². The molecule has 1 heterocycles. The number of hydrogen-bond acceptors (Lipinski definition) is 4. The number of halogens is 2. The lowest BCUT2D eigenvalue weighted by molar-refractivity contribution is 0.101. The van der Waals surface area contributed by atoms with Gasteiger partial charge in [-0.15, -0.1) is 0 Å². The van der Waals surface area contributed by atoms with Crippen molar-refractivity contribution in [3.8, 4) is 22.9 Å². The van der Waals surface area contributed by atoms with Gasteiger partial charge in [-0.3, -0.25) is 4.90 Å². The van der Waals surface area contributed by atoms with E-state index in [-0.39, 0.29) is 5.75 Å². The van der Waals surface area contributed by atoms with Crippen LogP contribution in [0.2, 0.25) is 0 Å². The van der Waals surface area contributed by atoms with E-state index < -0.39 is 17.7 Å². The number of ether oxygens (including phenoxy) is 1. The number of nitrogens with zero attached hydrogens (tertiary/aromatic N) is 3. The minimum absolute atomic E-state index is 0.0833. The Kier molecular flexibility index (Phi) is 8.13. The second-order valence-electron chi connectivity index (χ2n) is 9.31. The van der Waals surface area contributed by atoms with Gasteiger partial charge in [-0.05, 0) is 23.6 Å². The molecule has 0 aliphatic rings. The summed E-state index contributed by atoms with van der Waals surface area (Å²) in [7, 11) is 1.73. The molecule has 0 spiro atoms. The van der Waals surface area contributed by atoms with Gasteiger partial charge in [0, 0.05) is 38.3 Å². The molecule has 1 atom stereocenters. The Bertz CT molecular complexity index is 1280. The summed E-state index contributed by atoms with van der Waals surface area (Å²) in [4.78, 5) is 2.15. The Labute approximate surface area is 210 Å². The Morgan fingerprint density at radius 2 is 1.61 bits per heavy atom. The predicted octanol–water partition coefficient (Wildman–Crippen LogP) is 6.35. The van der Waals surface area contributed by atoms with Crippen LogP contribution >= 0.6 is 0 Å². The highest BCUT2D eigenvalue weighted by Gasteiger charge is 2.25. The number of aromatic nitrogens is 2. The molecular formula is C29H31F2N3O2. The fraction of sp³-hybridized carbons (Fsp3) is 0.276. The maximum atomic E-state index is 14.5. The van der Waals surface area contributed by atoms with Crippen molar-refractivity contribution in [2.24, 2.45) is 13.0 Å². The number of aryl methyl sites for hydroxylation is 1. The maximum Gasteiger partial charge on any atom is 0.222 e. The summed E-state index contributed by atoms with van der Waals surface area (Å²) in [5.74, 6) is -0.846. The third kappa shape index (κ3) is 6.17. The van der Waals surface area contributed by atoms with E-state index in [1.54, 1.807) is 11.7 Å². The first-order valence-corrected chi connectivity index (χ1v) is 12.0. The summed E-state index contributed by atoms with van der Waals surface area (Å²) in [6, 6.07) is 22.5. The van der Waals surface area contributed by atoms with Gasteiger partial charge in [0.25, 0.3) is 0 Å². The van der Waals surface area contributed by atoms with E-state index in [4.69, 9.17) is 9.84 Å². The Morgan fingerprint density at radius 1 is 0.944 bits per heavy atom. The smallest absolute Gasteiger partial charge is 0.222 e. The molecule has 0 aliphatic carbocycles. The highest BCUT2D eigenvalue weighted by molar-refractivity contribution is 5.65. The Morgan fingerprint density at radius 3 is 2.25 bits per heavy atom. The second-order valence-corrected chi connectivity index (χ2v) is 9.31. The molecule has 3 aromatic carbocycles. The van der Waals surface area contributed by atoms with E-state index >= 15 is 0 Å². The van der Waals surface area contributed by atoms with Crippen LogP contribution in [-0.4, -0.2) is 32.9 Å². The van der Waals surface area contributed by atoms with Gasteiger partial charge in [0.2, 0.25) is 5.88 Å². The van der Waals surface area contributed by atoms with Gasteiger partial charge >= 0.3 is 0 Å². The zero-order chi connectivity index (χ0) is 25.7. The molecule has 188 valence electrons. The van der Waals surface area contributed by atoms with Gasteiger partial charge in [-0.2, -0.15) is 5.10 Å². The SMILES string of the molecule is CC(C)CN(Cc1c(-c2ccccc2)nn(C)c1Oc1ccc(F)cc1F)CC(O)c1ccccc1. The van der Waals surface area contributed by atoms with Crippen LogP contribution in [0.25, 0.3) is 11.3 Å². The van der Waals surface area contributed by atoms with Gasteiger partial charge in [0.15, 0.2) is 11.6 Å². The van der Waals surface area contributed by atoms with Crippen molar-refractivity contribution in [2.75, 3.05) is 13.1 Å². The molecule has 7 heteroatoms. The summed E-state index contributed by atoms with van der Waals surface area (Å²) in [5.41, 5.74) is 3.20. The molecule has 0 bridgehead atoms. The minimum atomic E-state index is -0.790. The minimum Gasteiger partial charge on any atom is -0.436 e. The topological polar surface area (TPSA) is 50.5 Å². The fourth-order valence-corrected chi connectivity index (χ4v) is 4.28. The van der Waals surface area contributed by atoms with E-state index in [1.165, 1.54) is 6.07 Å². The molecule has 5 nitrogen and oxygen atoms in total. The van der Waals surface area contributed by atoms with Crippen molar-refractivity contribution in [3.05, 3.63) is 102 Å². The quantitative estimate of drug-likeness (QED) is 0.281. The zero-order valence-electron chi connectivity index (χ0n) is 20.7. The van der Waals surface area contributed by atoms with Crippen LogP contribution in [0, 0.1) is 17.6 Å². The molecule has 4 rings (SSSR count). The first-order valence-electron chi connectivity index (χ1n) is 12.0. The van der Waals surface area contributed by atoms with Gasteiger partial charge in [0.05, 0.1) is 11.7 Å². The molecule has 36 heavy (non-hydrogen) atoms. The summed E-state index contributed by atoms with van der Waals surface area (Å²) in [5, 5.41) is 15.7. The lowest BCUT2D eigenvalue weighted by Crippen LogP contribution is -2.32. The molecule has 1 unspecified atom stereocenters. The van der Waals surface area contributed by atoms with Gasteiger partial charge in [-0.25, -0.2) is 13.5 Å². The van der Waals surface area contributed by atoms with E-state index in [2.05, 4.69) is 18.7 Å². The van der Waals surface area contributed by atoms with Crippen molar-refractivity contribution < 1.29 is 18.6 Å². The Hall–Kier alpha value is -3.55. The van der Waals surface area contributed by atoms with Crippen LogP contribution in [0.4, 0.5) is 8.78 Å². The first kappa shape index (κ1) is 25.5. The number of hydrogen-bond donors (Lipinski definition) is 1. The molecular weight excluding hydrogens is 460 g/mol. The highest BCUT2D eigenvalue weighted by atomic mass is 19.1. The van der Waals surface area contributed by atoms with Crippen LogP contribution in [0.1, 0.15) is 31.1 Å². The van der Waals surface area contributed by atoms with Gasteiger partial charge < -0.3 is 9.84 Å². The maximum absolute atomic E-state index is 14.5. The predicted molar refractivity (Wildman–Crippen MR) is 137 cm³/mol. The molecule has 1 aromatic heterocycles. The molecule has 1 N–H and O–H groups in total. The third-order valence-corrected chi connectivity index (χ3v) is 5.86. The molecule has 0 fully saturated rings. The fourth-order valence-electron chi connectivity index (χ4n) is 4.28. The molecule has 0 saturated heterocycles. The normalized spacial score (nSPS) is 12.3. The Balaban J connectivity index is 1.72. The average molecular weight is 492 g/mol. The largest absolute Gasteiger partial charge is 0.436 e. The van der Waals surface area contributed by atoms with Gasteiger partial charge in [0.1, 0.15) is 11.5 Å². The lowest BCUT2D eigenvalue weighted by Gasteiger charge is -2.27. The van der Waals surface area contributed by atoms with Crippen molar-refractivity contribution in [2.45, 2.75) is 26.5 Å². The van der Waals surface area contributed by atoms with Crippen LogP contribution in [-0.2, 0) is 13.6 Å². The zero-order valence-corrected chi connectivity index (χ0v) is 20.7. The van der Waals surface area contributed by atoms with Crippen molar-refractivity contribution in [1.29, 1.82) is 0 Å². The second kappa shape index (κ2) is 11.5. The number of rotatable bonds is 10. The highest BCUT2D eigenvalue weighted by Crippen LogP contribution is 2.35. The number of benzene rings is 3.